The van der Waals surface area contributed by atoms with E-state index in [1.807, 2.05) is 20.1 Å². The van der Waals surface area contributed by atoms with Crippen molar-refractivity contribution in [1.82, 2.24) is 10.0 Å². The summed E-state index contributed by atoms with van der Waals surface area (Å²) in [5, 5.41) is 3.15. The van der Waals surface area contributed by atoms with Gasteiger partial charge in [0.05, 0.1) is 4.90 Å². The molecule has 0 aliphatic heterocycles. The third-order valence-electron chi connectivity index (χ3n) is 2.96. The van der Waals surface area contributed by atoms with Crippen LogP contribution in [0.4, 0.5) is 4.39 Å². The van der Waals surface area contributed by atoms with Crippen molar-refractivity contribution in [2.45, 2.75) is 38.3 Å². The minimum Gasteiger partial charge on any atom is -0.310 e. The summed E-state index contributed by atoms with van der Waals surface area (Å²) in [6.07, 6.45) is 1.90. The first-order chi connectivity index (χ1) is 9.77. The molecule has 0 saturated heterocycles. The van der Waals surface area contributed by atoms with E-state index in [9.17, 15) is 12.8 Å². The lowest BCUT2D eigenvalue weighted by molar-refractivity contribution is 0.567. The molecule has 1 aromatic rings. The molecule has 0 unspecified atom stereocenters. The number of hydrogen-bond acceptors (Lipinski definition) is 4. The molecule has 0 aliphatic rings. The second-order valence-electron chi connectivity index (χ2n) is 5.13. The number of hydrogen-bond donors (Lipinski definition) is 2. The van der Waals surface area contributed by atoms with E-state index in [-0.39, 0.29) is 16.5 Å². The van der Waals surface area contributed by atoms with Crippen LogP contribution in [0.5, 0.6) is 0 Å². The molecule has 0 aliphatic carbocycles. The summed E-state index contributed by atoms with van der Waals surface area (Å²) in [6.45, 7) is 6.21. The third-order valence-corrected chi connectivity index (χ3v) is 5.16. The number of thioether (sulfide) groups is 1. The minimum absolute atomic E-state index is 0.0177. The van der Waals surface area contributed by atoms with Crippen LogP contribution in [0.3, 0.4) is 0 Å². The fourth-order valence-electron chi connectivity index (χ4n) is 1.77. The second kappa shape index (κ2) is 8.12. The Labute approximate surface area is 131 Å². The number of nitrogens with one attached hydrogen (secondary N) is 2. The fourth-order valence-corrected chi connectivity index (χ4v) is 3.53. The molecular formula is C14H23FN2O2S2. The molecule has 1 rings (SSSR count). The van der Waals surface area contributed by atoms with Crippen molar-refractivity contribution in [2.75, 3.05) is 18.6 Å². The zero-order chi connectivity index (χ0) is 16.0. The lowest BCUT2D eigenvalue weighted by Crippen LogP contribution is -2.27. The Morgan fingerprint density at radius 3 is 2.57 bits per heavy atom. The predicted molar refractivity (Wildman–Crippen MR) is 86.7 cm³/mol. The monoisotopic (exact) mass is 334 g/mol. The molecule has 0 amide bonds. The highest BCUT2D eigenvalue weighted by atomic mass is 32.2. The molecule has 21 heavy (non-hydrogen) atoms. The third kappa shape index (κ3) is 5.58. The predicted octanol–water partition coefficient (Wildman–Crippen LogP) is 2.27. The van der Waals surface area contributed by atoms with Crippen molar-refractivity contribution in [3.63, 3.8) is 0 Å². The molecule has 0 radical (unpaired) electrons. The zero-order valence-corrected chi connectivity index (χ0v) is 14.5. The molecular weight excluding hydrogens is 311 g/mol. The molecule has 0 aromatic heterocycles. The summed E-state index contributed by atoms with van der Waals surface area (Å²) in [6, 6.07) is 3.16. The maximum atomic E-state index is 14.0. The van der Waals surface area contributed by atoms with Crippen LogP contribution in [0.2, 0.25) is 0 Å². The van der Waals surface area contributed by atoms with E-state index in [0.29, 0.717) is 24.4 Å². The highest BCUT2D eigenvalue weighted by molar-refractivity contribution is 7.98. The van der Waals surface area contributed by atoms with Crippen LogP contribution in [0.25, 0.3) is 0 Å². The fraction of sp³-hybridized carbons (Fsp3) is 0.571. The van der Waals surface area contributed by atoms with E-state index < -0.39 is 15.8 Å². The van der Waals surface area contributed by atoms with Crippen molar-refractivity contribution >= 4 is 21.8 Å². The maximum absolute atomic E-state index is 14.0. The van der Waals surface area contributed by atoms with Crippen LogP contribution in [0.15, 0.2) is 17.0 Å². The Kier molecular flexibility index (Phi) is 7.12. The van der Waals surface area contributed by atoms with Crippen molar-refractivity contribution in [3.05, 3.63) is 29.1 Å². The number of halogens is 1. The molecule has 0 saturated carbocycles. The SMILES string of the molecule is CSCCNS(=O)(=O)c1cc(CNC(C)C)cc(F)c1C. The molecule has 0 spiro atoms. The molecule has 120 valence electrons. The Morgan fingerprint density at radius 2 is 2.00 bits per heavy atom. The van der Waals surface area contributed by atoms with E-state index in [2.05, 4.69) is 10.0 Å². The summed E-state index contributed by atoms with van der Waals surface area (Å²) >= 11 is 1.55. The van der Waals surface area contributed by atoms with Crippen LogP contribution in [-0.4, -0.2) is 33.0 Å². The molecule has 7 heteroatoms. The summed E-state index contributed by atoms with van der Waals surface area (Å²) in [4.78, 5) is 0.0177. The average molecular weight is 334 g/mol. The van der Waals surface area contributed by atoms with Gasteiger partial charge in [-0.05, 0) is 30.9 Å². The minimum atomic E-state index is -3.68. The van der Waals surface area contributed by atoms with Crippen molar-refractivity contribution in [2.24, 2.45) is 0 Å². The van der Waals surface area contributed by atoms with Gasteiger partial charge in [-0.1, -0.05) is 13.8 Å². The summed E-state index contributed by atoms with van der Waals surface area (Å²) in [5.74, 6) is 0.179. The van der Waals surface area contributed by atoms with Gasteiger partial charge < -0.3 is 5.32 Å². The Balaban J connectivity index is 3.04. The molecule has 0 fully saturated rings. The van der Waals surface area contributed by atoms with Gasteiger partial charge >= 0.3 is 0 Å². The summed E-state index contributed by atoms with van der Waals surface area (Å²) < 4.78 is 41.0. The van der Waals surface area contributed by atoms with Crippen LogP contribution < -0.4 is 10.0 Å². The molecule has 2 N–H and O–H groups in total. The topological polar surface area (TPSA) is 58.2 Å². The lowest BCUT2D eigenvalue weighted by atomic mass is 10.1. The molecule has 0 atom stereocenters. The quantitative estimate of drug-likeness (QED) is 0.716. The van der Waals surface area contributed by atoms with E-state index in [0.717, 1.165) is 0 Å². The van der Waals surface area contributed by atoms with Gasteiger partial charge in [-0.15, -0.1) is 0 Å². The lowest BCUT2D eigenvalue weighted by Gasteiger charge is -2.13. The largest absolute Gasteiger partial charge is 0.310 e. The second-order valence-corrected chi connectivity index (χ2v) is 7.85. The van der Waals surface area contributed by atoms with Gasteiger partial charge in [0.15, 0.2) is 0 Å². The first kappa shape index (κ1) is 18.4. The standard InChI is InChI=1S/C14H23FN2O2S2/c1-10(2)16-9-12-7-13(15)11(3)14(8-12)21(18,19)17-5-6-20-4/h7-8,10,16-17H,5-6,9H2,1-4H3. The maximum Gasteiger partial charge on any atom is 0.240 e. The highest BCUT2D eigenvalue weighted by Crippen LogP contribution is 2.20. The Bertz CT molecular complexity index is 575. The normalized spacial score (nSPS) is 12.1. The number of rotatable bonds is 8. The number of benzene rings is 1. The molecule has 4 nitrogen and oxygen atoms in total. The van der Waals surface area contributed by atoms with Crippen LogP contribution in [0, 0.1) is 12.7 Å². The van der Waals surface area contributed by atoms with E-state index in [1.54, 1.807) is 11.8 Å². The van der Waals surface area contributed by atoms with Gasteiger partial charge in [0.25, 0.3) is 0 Å². The smallest absolute Gasteiger partial charge is 0.240 e. The summed E-state index contributed by atoms with van der Waals surface area (Å²) in [7, 11) is -3.68. The van der Waals surface area contributed by atoms with Crippen LogP contribution >= 0.6 is 11.8 Å². The highest BCUT2D eigenvalue weighted by Gasteiger charge is 2.19. The first-order valence-electron chi connectivity index (χ1n) is 6.79. The van der Waals surface area contributed by atoms with Crippen molar-refractivity contribution in [3.8, 4) is 0 Å². The first-order valence-corrected chi connectivity index (χ1v) is 9.66. The molecule has 0 heterocycles. The van der Waals surface area contributed by atoms with Gasteiger partial charge in [-0.25, -0.2) is 17.5 Å². The van der Waals surface area contributed by atoms with E-state index >= 15 is 0 Å². The molecule has 1 aromatic carbocycles. The van der Waals surface area contributed by atoms with E-state index in [4.69, 9.17) is 0 Å². The van der Waals surface area contributed by atoms with Gasteiger partial charge in [-0.3, -0.25) is 0 Å². The van der Waals surface area contributed by atoms with Crippen molar-refractivity contribution in [1.29, 1.82) is 0 Å². The number of sulfonamides is 1. The molecule has 0 bridgehead atoms. The van der Waals surface area contributed by atoms with Crippen molar-refractivity contribution < 1.29 is 12.8 Å². The summed E-state index contributed by atoms with van der Waals surface area (Å²) in [5.41, 5.74) is 0.775. The van der Waals surface area contributed by atoms with Gasteiger partial charge in [-0.2, -0.15) is 11.8 Å². The van der Waals surface area contributed by atoms with E-state index in [1.165, 1.54) is 19.1 Å². The van der Waals surface area contributed by atoms with Crippen LogP contribution in [-0.2, 0) is 16.6 Å². The Morgan fingerprint density at radius 1 is 1.33 bits per heavy atom. The van der Waals surface area contributed by atoms with Gasteiger partial charge in [0, 0.05) is 30.4 Å². The van der Waals surface area contributed by atoms with Gasteiger partial charge in [0.1, 0.15) is 5.82 Å². The van der Waals surface area contributed by atoms with Crippen LogP contribution in [0.1, 0.15) is 25.0 Å². The average Bonchev–Trinajstić information content (AvgIpc) is 2.39. The Hall–Kier alpha value is -0.630. The van der Waals surface area contributed by atoms with Gasteiger partial charge in [0.2, 0.25) is 10.0 Å². The zero-order valence-electron chi connectivity index (χ0n) is 12.9.